The van der Waals surface area contributed by atoms with Gasteiger partial charge in [0.2, 0.25) is 15.9 Å². The maximum atomic E-state index is 12.5. The van der Waals surface area contributed by atoms with Crippen molar-refractivity contribution in [1.82, 2.24) is 4.31 Å². The molecule has 2 rings (SSSR count). The van der Waals surface area contributed by atoms with Crippen LogP contribution >= 0.6 is 11.6 Å². The van der Waals surface area contributed by atoms with E-state index >= 15 is 0 Å². The van der Waals surface area contributed by atoms with Gasteiger partial charge in [-0.1, -0.05) is 11.6 Å². The van der Waals surface area contributed by atoms with Gasteiger partial charge in [0.15, 0.2) is 0 Å². The van der Waals surface area contributed by atoms with Crippen LogP contribution in [0, 0.1) is 5.92 Å². The first-order valence-corrected chi connectivity index (χ1v) is 9.97. The van der Waals surface area contributed by atoms with Gasteiger partial charge in [0.25, 0.3) is 0 Å². The zero-order valence-electron chi connectivity index (χ0n) is 14.3. The largest absolute Gasteiger partial charge is 0.495 e. The predicted octanol–water partition coefficient (Wildman–Crippen LogP) is 1.98. The lowest BCUT2D eigenvalue weighted by molar-refractivity contribution is -0.120. The molecule has 25 heavy (non-hydrogen) atoms. The summed E-state index contributed by atoms with van der Waals surface area (Å²) in [6, 6.07) is 4.99. The standard InChI is InChI=1S/C16H23ClN2O5S/c1-23-9-10-25(21,22)19-7-5-12(6-8-19)16(20)18-14-11-13(17)3-4-15(14)24-2/h3-4,11-12H,5-10H2,1-2H3,(H,18,20). The number of halogens is 1. The Morgan fingerprint density at radius 3 is 2.60 bits per heavy atom. The topological polar surface area (TPSA) is 84.9 Å². The molecule has 0 radical (unpaired) electrons. The van der Waals surface area contributed by atoms with E-state index in [0.717, 1.165) is 0 Å². The number of methoxy groups -OCH3 is 2. The number of carbonyl (C=O) groups excluding carboxylic acids is 1. The Bertz CT molecular complexity index is 702. The molecule has 9 heteroatoms. The molecule has 1 aliphatic rings. The molecule has 1 saturated heterocycles. The lowest BCUT2D eigenvalue weighted by atomic mass is 9.97. The van der Waals surface area contributed by atoms with Crippen LogP contribution in [-0.4, -0.2) is 58.3 Å². The van der Waals surface area contributed by atoms with Gasteiger partial charge in [-0.2, -0.15) is 0 Å². The fraction of sp³-hybridized carbons (Fsp3) is 0.562. The van der Waals surface area contributed by atoms with Gasteiger partial charge in [-0.05, 0) is 31.0 Å². The Labute approximate surface area is 153 Å². The number of amides is 1. The van der Waals surface area contributed by atoms with Gasteiger partial charge < -0.3 is 14.8 Å². The third kappa shape index (κ3) is 5.31. The highest BCUT2D eigenvalue weighted by molar-refractivity contribution is 7.89. The zero-order chi connectivity index (χ0) is 18.4. The third-order valence-electron chi connectivity index (χ3n) is 4.18. The van der Waals surface area contributed by atoms with Crippen LogP contribution in [0.1, 0.15) is 12.8 Å². The van der Waals surface area contributed by atoms with Crippen molar-refractivity contribution in [2.45, 2.75) is 12.8 Å². The minimum atomic E-state index is -3.33. The van der Waals surface area contributed by atoms with E-state index in [1.165, 1.54) is 18.5 Å². The second-order valence-electron chi connectivity index (χ2n) is 5.82. The molecule has 1 aliphatic heterocycles. The number of nitrogens with zero attached hydrogens (tertiary/aromatic N) is 1. The number of hydrogen-bond donors (Lipinski definition) is 1. The van der Waals surface area contributed by atoms with Gasteiger partial charge in [-0.25, -0.2) is 12.7 Å². The molecule has 0 bridgehead atoms. The van der Waals surface area contributed by atoms with Crippen LogP contribution in [0.3, 0.4) is 0 Å². The van der Waals surface area contributed by atoms with Crippen molar-refractivity contribution >= 4 is 33.2 Å². The minimum absolute atomic E-state index is 0.0416. The first-order chi connectivity index (χ1) is 11.9. The summed E-state index contributed by atoms with van der Waals surface area (Å²) in [7, 11) is -0.346. The average molecular weight is 391 g/mol. The predicted molar refractivity (Wildman–Crippen MR) is 96.6 cm³/mol. The van der Waals surface area contributed by atoms with Crippen molar-refractivity contribution in [2.24, 2.45) is 5.92 Å². The summed E-state index contributed by atoms with van der Waals surface area (Å²) >= 11 is 5.96. The first-order valence-electron chi connectivity index (χ1n) is 7.98. The average Bonchev–Trinajstić information content (AvgIpc) is 2.60. The second kappa shape index (κ2) is 8.84. The number of anilines is 1. The molecule has 1 N–H and O–H groups in total. The summed E-state index contributed by atoms with van der Waals surface area (Å²) in [4.78, 5) is 12.5. The van der Waals surface area contributed by atoms with Gasteiger partial charge in [-0.15, -0.1) is 0 Å². The van der Waals surface area contributed by atoms with Gasteiger partial charge >= 0.3 is 0 Å². The van der Waals surface area contributed by atoms with E-state index < -0.39 is 10.0 Å². The van der Waals surface area contributed by atoms with Gasteiger partial charge in [0, 0.05) is 31.1 Å². The lowest BCUT2D eigenvalue weighted by Gasteiger charge is -2.30. The summed E-state index contributed by atoms with van der Waals surface area (Å²) in [5.41, 5.74) is 0.509. The molecule has 0 unspecified atom stereocenters. The highest BCUT2D eigenvalue weighted by atomic mass is 35.5. The molecule has 0 aliphatic carbocycles. The molecule has 0 aromatic heterocycles. The maximum absolute atomic E-state index is 12.5. The molecule has 1 heterocycles. The molecule has 0 spiro atoms. The highest BCUT2D eigenvalue weighted by Crippen LogP contribution is 2.29. The summed E-state index contributed by atoms with van der Waals surface area (Å²) in [6.45, 7) is 0.824. The SMILES string of the molecule is COCCS(=O)(=O)N1CCC(C(=O)Nc2cc(Cl)ccc2OC)CC1. The second-order valence-corrected chi connectivity index (χ2v) is 8.34. The van der Waals surface area contributed by atoms with Gasteiger partial charge in [0.05, 0.1) is 25.2 Å². The Balaban J connectivity index is 1.95. The van der Waals surface area contributed by atoms with Crippen LogP contribution in [0.25, 0.3) is 0 Å². The monoisotopic (exact) mass is 390 g/mol. The van der Waals surface area contributed by atoms with E-state index in [-0.39, 0.29) is 24.2 Å². The van der Waals surface area contributed by atoms with E-state index in [9.17, 15) is 13.2 Å². The van der Waals surface area contributed by atoms with Crippen molar-refractivity contribution in [3.05, 3.63) is 23.2 Å². The normalized spacial score (nSPS) is 16.6. The number of piperidine rings is 1. The van der Waals surface area contributed by atoms with E-state index in [0.29, 0.717) is 42.4 Å². The summed E-state index contributed by atoms with van der Waals surface area (Å²) in [5, 5.41) is 3.32. The molecule has 140 valence electrons. The molecule has 1 amide bonds. The number of sulfonamides is 1. The smallest absolute Gasteiger partial charge is 0.227 e. The third-order valence-corrected chi connectivity index (χ3v) is 6.25. The van der Waals surface area contributed by atoms with Crippen molar-refractivity contribution in [1.29, 1.82) is 0 Å². The van der Waals surface area contributed by atoms with E-state index in [1.807, 2.05) is 0 Å². The maximum Gasteiger partial charge on any atom is 0.227 e. The van der Waals surface area contributed by atoms with Crippen LogP contribution in [-0.2, 0) is 19.6 Å². The molecular weight excluding hydrogens is 368 g/mol. The van der Waals surface area contributed by atoms with Crippen molar-refractivity contribution in [3.8, 4) is 5.75 Å². The van der Waals surface area contributed by atoms with Crippen LogP contribution in [0.15, 0.2) is 18.2 Å². The first kappa shape index (κ1) is 20.0. The van der Waals surface area contributed by atoms with Gasteiger partial charge in [0.1, 0.15) is 5.75 Å². The molecular formula is C16H23ClN2O5S. The summed E-state index contributed by atoms with van der Waals surface area (Å²) in [6.07, 6.45) is 0.946. The number of rotatable bonds is 7. The quantitative estimate of drug-likeness (QED) is 0.769. The summed E-state index contributed by atoms with van der Waals surface area (Å²) < 4.78 is 35.8. The number of carbonyl (C=O) groups is 1. The number of nitrogens with one attached hydrogen (secondary N) is 1. The molecule has 0 saturated carbocycles. The number of benzene rings is 1. The van der Waals surface area contributed by atoms with E-state index in [4.69, 9.17) is 21.1 Å². The lowest BCUT2D eigenvalue weighted by Crippen LogP contribution is -2.42. The molecule has 7 nitrogen and oxygen atoms in total. The number of hydrogen-bond acceptors (Lipinski definition) is 5. The zero-order valence-corrected chi connectivity index (χ0v) is 15.9. The van der Waals surface area contributed by atoms with Crippen molar-refractivity contribution in [3.63, 3.8) is 0 Å². The Morgan fingerprint density at radius 1 is 1.32 bits per heavy atom. The van der Waals surface area contributed by atoms with Crippen molar-refractivity contribution < 1.29 is 22.7 Å². The Morgan fingerprint density at radius 2 is 2.00 bits per heavy atom. The van der Waals surface area contributed by atoms with Crippen LogP contribution in [0.4, 0.5) is 5.69 Å². The fourth-order valence-corrected chi connectivity index (χ4v) is 4.30. The fourth-order valence-electron chi connectivity index (χ4n) is 2.73. The Hall–Kier alpha value is -1.35. The van der Waals surface area contributed by atoms with Crippen LogP contribution < -0.4 is 10.1 Å². The summed E-state index contributed by atoms with van der Waals surface area (Å²) in [5.74, 6) is 0.0736. The number of ether oxygens (including phenoxy) is 2. The molecule has 1 aromatic carbocycles. The molecule has 1 fully saturated rings. The van der Waals surface area contributed by atoms with E-state index in [2.05, 4.69) is 5.32 Å². The van der Waals surface area contributed by atoms with E-state index in [1.54, 1.807) is 18.2 Å². The van der Waals surface area contributed by atoms with Crippen molar-refractivity contribution in [2.75, 3.05) is 45.0 Å². The van der Waals surface area contributed by atoms with Crippen LogP contribution in [0.2, 0.25) is 5.02 Å². The molecule has 1 aromatic rings. The van der Waals surface area contributed by atoms with Crippen LogP contribution in [0.5, 0.6) is 5.75 Å². The van der Waals surface area contributed by atoms with Gasteiger partial charge in [-0.3, -0.25) is 4.79 Å². The Kier molecular flexibility index (Phi) is 7.06. The minimum Gasteiger partial charge on any atom is -0.495 e. The molecule has 0 atom stereocenters. The highest BCUT2D eigenvalue weighted by Gasteiger charge is 2.31.